The summed E-state index contributed by atoms with van der Waals surface area (Å²) >= 11 is 0. The Morgan fingerprint density at radius 3 is 2.47 bits per heavy atom. The molecule has 0 spiro atoms. The van der Waals surface area contributed by atoms with Gasteiger partial charge in [-0.25, -0.2) is 0 Å². The number of hydrogen-bond donors (Lipinski definition) is 0. The minimum atomic E-state index is 0.328. The van der Waals surface area contributed by atoms with Crippen molar-refractivity contribution in [3.63, 3.8) is 0 Å². The number of benzene rings is 1. The minimum Gasteiger partial charge on any atom is -0.295 e. The fraction of sp³-hybridized carbons (Fsp3) is 0.357. The summed E-state index contributed by atoms with van der Waals surface area (Å²) in [4.78, 5) is 11.4. The highest BCUT2D eigenvalue weighted by Gasteiger charge is 2.16. The van der Waals surface area contributed by atoms with Crippen LogP contribution < -0.4 is 0 Å². The van der Waals surface area contributed by atoms with E-state index in [2.05, 4.69) is 31.2 Å². The summed E-state index contributed by atoms with van der Waals surface area (Å²) in [6, 6.07) is 8.45. The lowest BCUT2D eigenvalue weighted by molar-refractivity contribution is -0.114. The molecule has 1 saturated carbocycles. The lowest BCUT2D eigenvalue weighted by Gasteiger charge is -1.99. The van der Waals surface area contributed by atoms with Crippen molar-refractivity contribution in [2.75, 3.05) is 0 Å². The summed E-state index contributed by atoms with van der Waals surface area (Å²) in [5, 5.41) is 0. The summed E-state index contributed by atoms with van der Waals surface area (Å²) in [6.45, 7) is 2.15. The molecule has 1 fully saturated rings. The Bertz CT molecular complexity index is 384. The Morgan fingerprint density at radius 2 is 1.93 bits per heavy atom. The molecular weight excluding hydrogens is 184 g/mol. The van der Waals surface area contributed by atoms with Gasteiger partial charge < -0.3 is 0 Å². The molecule has 0 radical (unpaired) electrons. The highest BCUT2D eigenvalue weighted by molar-refractivity contribution is 6.01. The van der Waals surface area contributed by atoms with Crippen LogP contribution in [0.15, 0.2) is 29.8 Å². The van der Waals surface area contributed by atoms with Gasteiger partial charge in [0.25, 0.3) is 0 Å². The maximum atomic E-state index is 11.4. The first kappa shape index (κ1) is 10.2. The molecule has 78 valence electrons. The van der Waals surface area contributed by atoms with E-state index >= 15 is 0 Å². The van der Waals surface area contributed by atoms with Gasteiger partial charge in [-0.05, 0) is 42.0 Å². The van der Waals surface area contributed by atoms with E-state index in [0.717, 1.165) is 36.8 Å². The number of rotatable bonds is 2. The monoisotopic (exact) mass is 200 g/mol. The van der Waals surface area contributed by atoms with Gasteiger partial charge in [0, 0.05) is 6.42 Å². The number of carbonyl (C=O) groups excluding carboxylic acids is 1. The molecule has 1 aliphatic carbocycles. The maximum Gasteiger partial charge on any atom is 0.158 e. The van der Waals surface area contributed by atoms with Gasteiger partial charge >= 0.3 is 0 Å². The Balaban J connectivity index is 2.20. The Kier molecular flexibility index (Phi) is 3.00. The van der Waals surface area contributed by atoms with Crippen molar-refractivity contribution >= 4 is 11.9 Å². The van der Waals surface area contributed by atoms with Crippen molar-refractivity contribution in [1.29, 1.82) is 0 Å². The van der Waals surface area contributed by atoms with Crippen LogP contribution in [-0.2, 0) is 11.2 Å². The minimum absolute atomic E-state index is 0.328. The van der Waals surface area contributed by atoms with Crippen molar-refractivity contribution < 1.29 is 4.79 Å². The zero-order chi connectivity index (χ0) is 10.7. The van der Waals surface area contributed by atoms with Crippen molar-refractivity contribution in [1.82, 2.24) is 0 Å². The van der Waals surface area contributed by atoms with Gasteiger partial charge in [-0.3, -0.25) is 4.79 Å². The third-order valence-electron chi connectivity index (χ3n) is 2.94. The lowest BCUT2D eigenvalue weighted by atomic mass is 10.1. The molecule has 0 unspecified atom stereocenters. The van der Waals surface area contributed by atoms with E-state index in [-0.39, 0.29) is 0 Å². The third-order valence-corrected chi connectivity index (χ3v) is 2.94. The number of hydrogen-bond acceptors (Lipinski definition) is 1. The first-order chi connectivity index (χ1) is 7.29. The van der Waals surface area contributed by atoms with Crippen LogP contribution in [0.3, 0.4) is 0 Å². The van der Waals surface area contributed by atoms with E-state index in [9.17, 15) is 4.79 Å². The van der Waals surface area contributed by atoms with Crippen LogP contribution in [0.2, 0.25) is 0 Å². The van der Waals surface area contributed by atoms with E-state index in [1.807, 2.05) is 6.08 Å². The fourth-order valence-electron chi connectivity index (χ4n) is 1.94. The van der Waals surface area contributed by atoms with Gasteiger partial charge in [0.05, 0.1) is 0 Å². The second-order valence-corrected chi connectivity index (χ2v) is 4.04. The molecule has 1 heteroatoms. The van der Waals surface area contributed by atoms with E-state index in [1.165, 1.54) is 5.56 Å². The SMILES string of the molecule is CCc1ccc(/C=C2/CCCC2=O)cc1. The van der Waals surface area contributed by atoms with Gasteiger partial charge in [-0.2, -0.15) is 0 Å². The average molecular weight is 200 g/mol. The molecule has 2 rings (SSSR count). The Morgan fingerprint density at radius 1 is 1.20 bits per heavy atom. The highest BCUT2D eigenvalue weighted by atomic mass is 16.1. The van der Waals surface area contributed by atoms with Crippen molar-refractivity contribution in [3.8, 4) is 0 Å². The van der Waals surface area contributed by atoms with E-state index in [4.69, 9.17) is 0 Å². The molecule has 0 N–H and O–H groups in total. The zero-order valence-electron chi connectivity index (χ0n) is 9.12. The van der Waals surface area contributed by atoms with E-state index in [0.29, 0.717) is 5.78 Å². The molecule has 0 heterocycles. The molecule has 1 aromatic carbocycles. The molecule has 0 aromatic heterocycles. The van der Waals surface area contributed by atoms with Crippen molar-refractivity contribution in [2.24, 2.45) is 0 Å². The second-order valence-electron chi connectivity index (χ2n) is 4.04. The van der Waals surface area contributed by atoms with Crippen LogP contribution in [0, 0.1) is 0 Å². The molecule has 0 amide bonds. The number of aryl methyl sites for hydroxylation is 1. The molecule has 0 atom stereocenters. The van der Waals surface area contributed by atoms with Crippen LogP contribution in [0.4, 0.5) is 0 Å². The molecule has 1 nitrogen and oxygen atoms in total. The number of ketones is 1. The highest BCUT2D eigenvalue weighted by Crippen LogP contribution is 2.22. The Labute approximate surface area is 90.8 Å². The maximum absolute atomic E-state index is 11.4. The molecular formula is C14H16O. The number of carbonyl (C=O) groups is 1. The molecule has 0 saturated heterocycles. The summed E-state index contributed by atoms with van der Waals surface area (Å²) in [7, 11) is 0. The largest absolute Gasteiger partial charge is 0.295 e. The second kappa shape index (κ2) is 4.43. The smallest absolute Gasteiger partial charge is 0.158 e. The molecule has 15 heavy (non-hydrogen) atoms. The van der Waals surface area contributed by atoms with Crippen LogP contribution in [0.1, 0.15) is 37.3 Å². The topological polar surface area (TPSA) is 17.1 Å². The Hall–Kier alpha value is -1.37. The zero-order valence-corrected chi connectivity index (χ0v) is 9.12. The normalized spacial score (nSPS) is 18.7. The van der Waals surface area contributed by atoms with E-state index < -0.39 is 0 Å². The molecule has 1 aromatic rings. The van der Waals surface area contributed by atoms with Gasteiger partial charge in [-0.1, -0.05) is 31.2 Å². The van der Waals surface area contributed by atoms with Crippen molar-refractivity contribution in [2.45, 2.75) is 32.6 Å². The van der Waals surface area contributed by atoms with Gasteiger partial charge in [0.15, 0.2) is 5.78 Å². The average Bonchev–Trinajstić information content (AvgIpc) is 2.66. The fourth-order valence-corrected chi connectivity index (χ4v) is 1.94. The first-order valence-electron chi connectivity index (χ1n) is 5.62. The third kappa shape index (κ3) is 2.35. The summed E-state index contributed by atoms with van der Waals surface area (Å²) in [6.07, 6.45) is 5.81. The number of allylic oxidation sites excluding steroid dienone is 1. The predicted molar refractivity (Wildman–Crippen MR) is 62.7 cm³/mol. The molecule has 1 aliphatic rings. The van der Waals surface area contributed by atoms with Crippen LogP contribution in [0.5, 0.6) is 0 Å². The van der Waals surface area contributed by atoms with Gasteiger partial charge in [0.1, 0.15) is 0 Å². The van der Waals surface area contributed by atoms with E-state index in [1.54, 1.807) is 0 Å². The summed E-state index contributed by atoms with van der Waals surface area (Å²) < 4.78 is 0. The predicted octanol–water partition coefficient (Wildman–Crippen LogP) is 3.39. The van der Waals surface area contributed by atoms with Crippen LogP contribution in [0.25, 0.3) is 6.08 Å². The van der Waals surface area contributed by atoms with Gasteiger partial charge in [-0.15, -0.1) is 0 Å². The van der Waals surface area contributed by atoms with Gasteiger partial charge in [0.2, 0.25) is 0 Å². The quantitative estimate of drug-likeness (QED) is 0.669. The summed E-state index contributed by atoms with van der Waals surface area (Å²) in [5.41, 5.74) is 3.49. The van der Waals surface area contributed by atoms with Crippen molar-refractivity contribution in [3.05, 3.63) is 41.0 Å². The van der Waals surface area contributed by atoms with Crippen LogP contribution >= 0.6 is 0 Å². The summed E-state index contributed by atoms with van der Waals surface area (Å²) in [5.74, 6) is 0.328. The van der Waals surface area contributed by atoms with Crippen LogP contribution in [-0.4, -0.2) is 5.78 Å². The standard InChI is InChI=1S/C14H16O/c1-2-11-6-8-12(9-7-11)10-13-4-3-5-14(13)15/h6-10H,2-5H2,1H3/b13-10-. The first-order valence-corrected chi connectivity index (χ1v) is 5.62. The lowest BCUT2D eigenvalue weighted by Crippen LogP contribution is -1.90. The molecule has 0 bridgehead atoms. The molecule has 0 aliphatic heterocycles. The number of Topliss-reactive ketones (excluding diaryl/α,β-unsaturated/α-hetero) is 1.